The molecule has 0 unspecified atom stereocenters. The molecule has 1 amide bonds. The zero-order valence-electron chi connectivity index (χ0n) is 13.6. The van der Waals surface area contributed by atoms with Gasteiger partial charge < -0.3 is 10.1 Å². The Morgan fingerprint density at radius 2 is 2.25 bits per heavy atom. The number of rotatable bonds is 3. The van der Waals surface area contributed by atoms with Gasteiger partial charge in [0.2, 0.25) is 0 Å². The van der Waals surface area contributed by atoms with Crippen molar-refractivity contribution in [1.82, 2.24) is 25.1 Å². The van der Waals surface area contributed by atoms with Crippen LogP contribution in [0.25, 0.3) is 5.52 Å². The second-order valence-corrected chi connectivity index (χ2v) is 6.13. The molecule has 1 fully saturated rings. The summed E-state index contributed by atoms with van der Waals surface area (Å²) in [6.45, 7) is 4.64. The van der Waals surface area contributed by atoms with Crippen LogP contribution in [0.3, 0.4) is 0 Å². The molecule has 24 heavy (non-hydrogen) atoms. The van der Waals surface area contributed by atoms with Gasteiger partial charge in [-0.2, -0.15) is 10.2 Å². The highest BCUT2D eigenvalue weighted by molar-refractivity contribution is 6.00. The first-order valence-electron chi connectivity index (χ1n) is 8.01. The maximum absolute atomic E-state index is 12.7. The fourth-order valence-corrected chi connectivity index (χ4v) is 3.17. The van der Waals surface area contributed by atoms with Gasteiger partial charge in [-0.15, -0.1) is 0 Å². The Kier molecular flexibility index (Phi) is 3.57. The second kappa shape index (κ2) is 5.76. The SMILES string of the molecule is Cc1ccc2c(C(=O)N[C@@H]3CCO[C@H]3c3ccn[nH]3)cnn2c1C. The number of carbonyl (C=O) groups excluding carboxylic acids is 1. The summed E-state index contributed by atoms with van der Waals surface area (Å²) in [5, 5.41) is 14.3. The number of H-pyrrole nitrogens is 1. The van der Waals surface area contributed by atoms with Crippen LogP contribution in [0.15, 0.2) is 30.6 Å². The molecule has 2 N–H and O–H groups in total. The number of carbonyl (C=O) groups is 1. The molecule has 4 heterocycles. The lowest BCUT2D eigenvalue weighted by Crippen LogP contribution is -2.36. The number of aromatic nitrogens is 4. The molecule has 124 valence electrons. The van der Waals surface area contributed by atoms with Crippen molar-refractivity contribution in [2.75, 3.05) is 6.61 Å². The van der Waals surface area contributed by atoms with Crippen LogP contribution in [-0.2, 0) is 4.74 Å². The van der Waals surface area contributed by atoms with Crippen molar-refractivity contribution in [3.8, 4) is 0 Å². The van der Waals surface area contributed by atoms with Crippen LogP contribution >= 0.6 is 0 Å². The van der Waals surface area contributed by atoms with Crippen LogP contribution in [0.2, 0.25) is 0 Å². The Balaban J connectivity index is 1.59. The summed E-state index contributed by atoms with van der Waals surface area (Å²) in [6, 6.07) is 5.73. The Morgan fingerprint density at radius 3 is 3.04 bits per heavy atom. The zero-order chi connectivity index (χ0) is 16.7. The molecule has 3 aromatic heterocycles. The van der Waals surface area contributed by atoms with Crippen LogP contribution in [0.1, 0.15) is 39.8 Å². The highest BCUT2D eigenvalue weighted by atomic mass is 16.5. The topological polar surface area (TPSA) is 84.3 Å². The number of aromatic amines is 1. The van der Waals surface area contributed by atoms with E-state index in [2.05, 4.69) is 20.6 Å². The molecule has 2 atom stereocenters. The van der Waals surface area contributed by atoms with Gasteiger partial charge in [0.15, 0.2) is 0 Å². The maximum Gasteiger partial charge on any atom is 0.255 e. The third kappa shape index (κ3) is 2.37. The number of amides is 1. The van der Waals surface area contributed by atoms with Crippen LogP contribution in [0.5, 0.6) is 0 Å². The zero-order valence-corrected chi connectivity index (χ0v) is 13.6. The number of hydrogen-bond acceptors (Lipinski definition) is 4. The molecule has 0 aromatic carbocycles. The van der Waals surface area contributed by atoms with Crippen molar-refractivity contribution in [1.29, 1.82) is 0 Å². The minimum Gasteiger partial charge on any atom is -0.370 e. The van der Waals surface area contributed by atoms with Gasteiger partial charge in [-0.25, -0.2) is 4.52 Å². The number of nitrogens with zero attached hydrogens (tertiary/aromatic N) is 3. The minimum atomic E-state index is -0.192. The Hall–Kier alpha value is -2.67. The molecule has 0 aliphatic carbocycles. The quantitative estimate of drug-likeness (QED) is 0.771. The van der Waals surface area contributed by atoms with Crippen LogP contribution in [0.4, 0.5) is 0 Å². The van der Waals surface area contributed by atoms with Crippen LogP contribution < -0.4 is 5.32 Å². The fourth-order valence-electron chi connectivity index (χ4n) is 3.17. The van der Waals surface area contributed by atoms with E-state index in [0.29, 0.717) is 12.2 Å². The van der Waals surface area contributed by atoms with E-state index in [1.807, 2.05) is 36.6 Å². The van der Waals surface area contributed by atoms with Gasteiger partial charge in [-0.1, -0.05) is 6.07 Å². The summed E-state index contributed by atoms with van der Waals surface area (Å²) in [5.74, 6) is -0.131. The summed E-state index contributed by atoms with van der Waals surface area (Å²) in [6.07, 6.45) is 3.89. The highest BCUT2D eigenvalue weighted by Crippen LogP contribution is 2.28. The lowest BCUT2D eigenvalue weighted by atomic mass is 10.1. The number of ether oxygens (including phenoxy) is 1. The lowest BCUT2D eigenvalue weighted by Gasteiger charge is -2.18. The molecule has 3 aromatic rings. The van der Waals surface area contributed by atoms with E-state index in [1.165, 1.54) is 0 Å². The average molecular weight is 325 g/mol. The first-order valence-corrected chi connectivity index (χ1v) is 8.01. The molecule has 0 bridgehead atoms. The van der Waals surface area contributed by atoms with E-state index in [0.717, 1.165) is 28.9 Å². The van der Waals surface area contributed by atoms with Gasteiger partial charge in [0.1, 0.15) is 6.10 Å². The first-order chi connectivity index (χ1) is 11.6. The van der Waals surface area contributed by atoms with Crippen molar-refractivity contribution in [2.45, 2.75) is 32.4 Å². The van der Waals surface area contributed by atoms with Crippen molar-refractivity contribution in [2.24, 2.45) is 0 Å². The third-order valence-electron chi connectivity index (χ3n) is 4.67. The van der Waals surface area contributed by atoms with Gasteiger partial charge in [-0.3, -0.25) is 9.89 Å². The average Bonchev–Trinajstić information content (AvgIpc) is 3.29. The summed E-state index contributed by atoms with van der Waals surface area (Å²) in [7, 11) is 0. The van der Waals surface area contributed by atoms with Crippen molar-refractivity contribution < 1.29 is 9.53 Å². The molecule has 0 saturated carbocycles. The number of aryl methyl sites for hydroxylation is 2. The van der Waals surface area contributed by atoms with E-state index in [9.17, 15) is 4.79 Å². The fraction of sp³-hybridized carbons (Fsp3) is 0.353. The molecule has 0 radical (unpaired) electrons. The number of pyridine rings is 1. The molecular formula is C17H19N5O2. The number of fused-ring (bicyclic) bond motifs is 1. The smallest absolute Gasteiger partial charge is 0.255 e. The monoisotopic (exact) mass is 325 g/mol. The Labute approximate surface area is 139 Å². The number of nitrogens with one attached hydrogen (secondary N) is 2. The summed E-state index contributed by atoms with van der Waals surface area (Å²) in [5.41, 5.74) is 4.44. The Morgan fingerprint density at radius 1 is 1.38 bits per heavy atom. The third-order valence-corrected chi connectivity index (χ3v) is 4.67. The molecule has 7 nitrogen and oxygen atoms in total. The van der Waals surface area contributed by atoms with Gasteiger partial charge in [0, 0.05) is 18.5 Å². The Bertz CT molecular complexity index is 884. The van der Waals surface area contributed by atoms with E-state index in [4.69, 9.17) is 4.74 Å². The van der Waals surface area contributed by atoms with E-state index < -0.39 is 0 Å². The van der Waals surface area contributed by atoms with Crippen molar-refractivity contribution >= 4 is 11.4 Å². The van der Waals surface area contributed by atoms with E-state index >= 15 is 0 Å². The number of hydrogen-bond donors (Lipinski definition) is 2. The maximum atomic E-state index is 12.7. The first kappa shape index (κ1) is 14.9. The molecule has 1 saturated heterocycles. The van der Waals surface area contributed by atoms with Crippen LogP contribution in [-0.4, -0.2) is 38.4 Å². The standard InChI is InChI=1S/C17H19N5O2/c1-10-3-4-15-12(9-19-22(15)11(10)2)17(23)20-13-6-8-24-16(13)14-5-7-18-21-14/h3-5,7,9,13,16H,6,8H2,1-2H3,(H,18,21)(H,20,23)/t13-,16-/m1/s1. The lowest BCUT2D eigenvalue weighted by molar-refractivity contribution is 0.0808. The van der Waals surface area contributed by atoms with Gasteiger partial charge in [-0.05, 0) is 38.0 Å². The predicted molar refractivity (Wildman–Crippen MR) is 87.8 cm³/mol. The largest absolute Gasteiger partial charge is 0.370 e. The minimum absolute atomic E-state index is 0.0838. The highest BCUT2D eigenvalue weighted by Gasteiger charge is 2.32. The molecule has 0 spiro atoms. The summed E-state index contributed by atoms with van der Waals surface area (Å²) in [4.78, 5) is 12.7. The van der Waals surface area contributed by atoms with E-state index in [-0.39, 0.29) is 18.1 Å². The van der Waals surface area contributed by atoms with Crippen molar-refractivity contribution in [3.05, 3.63) is 53.1 Å². The molecule has 4 rings (SSSR count). The molecular weight excluding hydrogens is 306 g/mol. The van der Waals surface area contributed by atoms with E-state index in [1.54, 1.807) is 12.4 Å². The molecule has 1 aliphatic rings. The second-order valence-electron chi connectivity index (χ2n) is 6.13. The molecule has 7 heteroatoms. The van der Waals surface area contributed by atoms with Gasteiger partial charge in [0.25, 0.3) is 5.91 Å². The van der Waals surface area contributed by atoms with Crippen molar-refractivity contribution in [3.63, 3.8) is 0 Å². The van der Waals surface area contributed by atoms with Crippen LogP contribution in [0, 0.1) is 13.8 Å². The predicted octanol–water partition coefficient (Wildman–Crippen LogP) is 1.93. The molecule has 1 aliphatic heterocycles. The summed E-state index contributed by atoms with van der Waals surface area (Å²) < 4.78 is 7.55. The normalized spacial score (nSPS) is 20.6. The van der Waals surface area contributed by atoms with Gasteiger partial charge in [0.05, 0.1) is 29.0 Å². The summed E-state index contributed by atoms with van der Waals surface area (Å²) >= 11 is 0. The van der Waals surface area contributed by atoms with Gasteiger partial charge >= 0.3 is 0 Å².